The van der Waals surface area contributed by atoms with Crippen molar-refractivity contribution in [3.05, 3.63) is 12.7 Å². The summed E-state index contributed by atoms with van der Waals surface area (Å²) in [6.45, 7) is 7.36. The van der Waals surface area contributed by atoms with Crippen molar-refractivity contribution >= 4 is 0 Å². The summed E-state index contributed by atoms with van der Waals surface area (Å²) in [5, 5.41) is 3.58. The molecule has 1 aliphatic rings. The first-order chi connectivity index (χ1) is 6.83. The Labute approximate surface area is 88.4 Å². The lowest BCUT2D eigenvalue weighted by Gasteiger charge is -2.28. The van der Waals surface area contributed by atoms with E-state index in [0.717, 1.165) is 12.5 Å². The van der Waals surface area contributed by atoms with E-state index < -0.39 is 0 Å². The van der Waals surface area contributed by atoms with Crippen LogP contribution in [0.4, 0.5) is 0 Å². The van der Waals surface area contributed by atoms with Gasteiger partial charge in [0, 0.05) is 12.6 Å². The number of piperidine rings is 1. The Hall–Kier alpha value is -0.340. The van der Waals surface area contributed by atoms with Gasteiger partial charge in [-0.25, -0.2) is 0 Å². The van der Waals surface area contributed by atoms with E-state index in [1.807, 2.05) is 6.08 Å². The maximum atomic E-state index is 3.74. The monoisotopic (exact) mass is 196 g/mol. The molecule has 1 unspecified atom stereocenters. The summed E-state index contributed by atoms with van der Waals surface area (Å²) in [5.41, 5.74) is 0. The number of nitrogens with zero attached hydrogens (tertiary/aromatic N) is 1. The highest BCUT2D eigenvalue weighted by Crippen LogP contribution is 2.08. The molecule has 1 heterocycles. The van der Waals surface area contributed by atoms with E-state index in [9.17, 15) is 0 Å². The van der Waals surface area contributed by atoms with Crippen molar-refractivity contribution in [1.29, 1.82) is 0 Å². The molecule has 0 aromatic heterocycles. The van der Waals surface area contributed by atoms with E-state index in [2.05, 4.69) is 23.8 Å². The summed E-state index contributed by atoms with van der Waals surface area (Å²) in [6.07, 6.45) is 8.50. The van der Waals surface area contributed by atoms with E-state index in [0.29, 0.717) is 0 Å². The van der Waals surface area contributed by atoms with Crippen LogP contribution < -0.4 is 5.32 Å². The molecule has 1 N–H and O–H groups in total. The van der Waals surface area contributed by atoms with Crippen molar-refractivity contribution in [1.82, 2.24) is 10.2 Å². The van der Waals surface area contributed by atoms with Crippen molar-refractivity contribution in [3.8, 4) is 0 Å². The topological polar surface area (TPSA) is 15.3 Å². The first-order valence-corrected chi connectivity index (χ1v) is 5.85. The van der Waals surface area contributed by atoms with Gasteiger partial charge in [0.25, 0.3) is 0 Å². The number of nitrogens with one attached hydrogen (secondary N) is 1. The van der Waals surface area contributed by atoms with Crippen LogP contribution in [0.2, 0.25) is 0 Å². The summed E-state index contributed by atoms with van der Waals surface area (Å²) < 4.78 is 0. The van der Waals surface area contributed by atoms with Gasteiger partial charge in [-0.05, 0) is 45.8 Å². The molecule has 1 aliphatic heterocycles. The number of rotatable bonds is 6. The fraction of sp³-hybridized carbons (Fsp3) is 0.833. The van der Waals surface area contributed by atoms with Crippen LogP contribution in [0.5, 0.6) is 0 Å². The summed E-state index contributed by atoms with van der Waals surface area (Å²) in [5.74, 6) is 0. The van der Waals surface area contributed by atoms with Gasteiger partial charge in [0.15, 0.2) is 0 Å². The van der Waals surface area contributed by atoms with Crippen LogP contribution in [0.15, 0.2) is 12.7 Å². The standard InChI is InChI=1S/C12H24N2/c1-3-4-7-10-14(2)11-12-8-5-6-9-13-12/h3,12-13H,1,4-11H2,2H3. The van der Waals surface area contributed by atoms with Crippen LogP contribution in [0.25, 0.3) is 0 Å². The smallest absolute Gasteiger partial charge is 0.0194 e. The average molecular weight is 196 g/mol. The quantitative estimate of drug-likeness (QED) is 0.516. The second-order valence-corrected chi connectivity index (χ2v) is 4.34. The van der Waals surface area contributed by atoms with Crippen molar-refractivity contribution in [3.63, 3.8) is 0 Å². The summed E-state index contributed by atoms with van der Waals surface area (Å²) in [7, 11) is 2.22. The molecule has 2 nitrogen and oxygen atoms in total. The number of unbranched alkanes of at least 4 members (excludes halogenated alkanes) is 1. The Kier molecular flexibility index (Phi) is 5.88. The zero-order chi connectivity index (χ0) is 10.2. The molecule has 82 valence electrons. The fourth-order valence-corrected chi connectivity index (χ4v) is 2.05. The molecule has 0 saturated carbocycles. The molecule has 0 aromatic carbocycles. The lowest BCUT2D eigenvalue weighted by Crippen LogP contribution is -2.42. The lowest BCUT2D eigenvalue weighted by molar-refractivity contribution is 0.260. The molecule has 1 fully saturated rings. The molecule has 0 aromatic rings. The van der Waals surface area contributed by atoms with E-state index in [-0.39, 0.29) is 0 Å². The Balaban J connectivity index is 2.05. The minimum atomic E-state index is 0.734. The van der Waals surface area contributed by atoms with Crippen LogP contribution in [-0.2, 0) is 0 Å². The summed E-state index contributed by atoms with van der Waals surface area (Å²) in [6, 6.07) is 0.734. The van der Waals surface area contributed by atoms with Gasteiger partial charge in [0.05, 0.1) is 0 Å². The Morgan fingerprint density at radius 1 is 1.50 bits per heavy atom. The van der Waals surface area contributed by atoms with E-state index in [1.165, 1.54) is 45.3 Å². The molecule has 0 bridgehead atoms. The number of hydrogen-bond acceptors (Lipinski definition) is 2. The van der Waals surface area contributed by atoms with Crippen LogP contribution in [-0.4, -0.2) is 37.6 Å². The molecular weight excluding hydrogens is 172 g/mol. The van der Waals surface area contributed by atoms with Gasteiger partial charge < -0.3 is 10.2 Å². The maximum absolute atomic E-state index is 3.74. The third-order valence-electron chi connectivity index (χ3n) is 2.89. The summed E-state index contributed by atoms with van der Waals surface area (Å²) in [4.78, 5) is 2.44. The molecular formula is C12H24N2. The highest BCUT2D eigenvalue weighted by molar-refractivity contribution is 4.75. The molecule has 1 rings (SSSR count). The zero-order valence-corrected chi connectivity index (χ0v) is 9.47. The van der Waals surface area contributed by atoms with E-state index in [4.69, 9.17) is 0 Å². The van der Waals surface area contributed by atoms with Gasteiger partial charge in [0.1, 0.15) is 0 Å². The van der Waals surface area contributed by atoms with Crippen molar-refractivity contribution in [2.75, 3.05) is 26.7 Å². The lowest BCUT2D eigenvalue weighted by atomic mass is 10.0. The van der Waals surface area contributed by atoms with Gasteiger partial charge in [-0.15, -0.1) is 6.58 Å². The Bertz CT molecular complexity index is 150. The van der Waals surface area contributed by atoms with Gasteiger partial charge >= 0.3 is 0 Å². The van der Waals surface area contributed by atoms with Crippen LogP contribution in [0.1, 0.15) is 32.1 Å². The fourth-order valence-electron chi connectivity index (χ4n) is 2.05. The minimum absolute atomic E-state index is 0.734. The third-order valence-corrected chi connectivity index (χ3v) is 2.89. The van der Waals surface area contributed by atoms with Crippen molar-refractivity contribution in [2.24, 2.45) is 0 Å². The second-order valence-electron chi connectivity index (χ2n) is 4.34. The SMILES string of the molecule is C=CCCCN(C)CC1CCCCN1. The van der Waals surface area contributed by atoms with Crippen molar-refractivity contribution in [2.45, 2.75) is 38.1 Å². The van der Waals surface area contributed by atoms with Gasteiger partial charge in [-0.1, -0.05) is 12.5 Å². The first-order valence-electron chi connectivity index (χ1n) is 5.85. The minimum Gasteiger partial charge on any atom is -0.313 e. The van der Waals surface area contributed by atoms with Crippen LogP contribution in [0.3, 0.4) is 0 Å². The normalized spacial score (nSPS) is 22.6. The van der Waals surface area contributed by atoms with E-state index in [1.54, 1.807) is 0 Å². The molecule has 0 radical (unpaired) electrons. The highest BCUT2D eigenvalue weighted by Gasteiger charge is 2.13. The first kappa shape index (κ1) is 11.7. The number of likely N-dealkylation sites (N-methyl/N-ethyl adjacent to an activating group) is 1. The molecule has 1 atom stereocenters. The molecule has 2 heteroatoms. The van der Waals surface area contributed by atoms with Gasteiger partial charge in [-0.3, -0.25) is 0 Å². The molecule has 0 amide bonds. The predicted molar refractivity (Wildman–Crippen MR) is 62.6 cm³/mol. The predicted octanol–water partition coefficient (Wildman–Crippen LogP) is 2.03. The molecule has 0 spiro atoms. The largest absolute Gasteiger partial charge is 0.313 e. The molecule has 14 heavy (non-hydrogen) atoms. The van der Waals surface area contributed by atoms with Crippen LogP contribution >= 0.6 is 0 Å². The Morgan fingerprint density at radius 2 is 2.36 bits per heavy atom. The van der Waals surface area contributed by atoms with E-state index >= 15 is 0 Å². The third kappa shape index (κ3) is 4.77. The number of allylic oxidation sites excluding steroid dienone is 1. The Morgan fingerprint density at radius 3 is 3.00 bits per heavy atom. The highest BCUT2D eigenvalue weighted by atomic mass is 15.1. The average Bonchev–Trinajstić information content (AvgIpc) is 2.20. The maximum Gasteiger partial charge on any atom is 0.0194 e. The van der Waals surface area contributed by atoms with Crippen LogP contribution in [0, 0.1) is 0 Å². The zero-order valence-electron chi connectivity index (χ0n) is 9.47. The van der Waals surface area contributed by atoms with Gasteiger partial charge in [-0.2, -0.15) is 0 Å². The summed E-state index contributed by atoms with van der Waals surface area (Å²) >= 11 is 0. The number of hydrogen-bond donors (Lipinski definition) is 1. The molecule has 0 aliphatic carbocycles. The van der Waals surface area contributed by atoms with Crippen molar-refractivity contribution < 1.29 is 0 Å². The second kappa shape index (κ2) is 7.02. The van der Waals surface area contributed by atoms with Gasteiger partial charge in [0.2, 0.25) is 0 Å². The molecule has 1 saturated heterocycles.